The third-order valence-corrected chi connectivity index (χ3v) is 7.77. The van der Waals surface area contributed by atoms with Crippen LogP contribution in [0.15, 0.2) is 30.3 Å². The van der Waals surface area contributed by atoms with Crippen LogP contribution in [0.3, 0.4) is 0 Å². The second-order valence-electron chi connectivity index (χ2n) is 7.95. The van der Waals surface area contributed by atoms with Crippen LogP contribution in [0.4, 0.5) is 0 Å². The van der Waals surface area contributed by atoms with Gasteiger partial charge in [-0.3, -0.25) is 14.5 Å². The number of nitrogens with one attached hydrogen (secondary N) is 1. The fraction of sp³-hybridized carbons (Fsp3) is 0.619. The summed E-state index contributed by atoms with van der Waals surface area (Å²) in [5, 5.41) is 2.92. The van der Waals surface area contributed by atoms with E-state index in [0.717, 1.165) is 12.0 Å². The molecule has 2 amide bonds. The SMILES string of the molecule is CCCS(=O)(=O)N1CCCC1C(=O)N1CCN(CC(=O)NCc2ccccc2)CC1. The van der Waals surface area contributed by atoms with Gasteiger partial charge in [0.25, 0.3) is 0 Å². The number of piperazine rings is 1. The Morgan fingerprint density at radius 2 is 1.77 bits per heavy atom. The predicted molar refractivity (Wildman–Crippen MR) is 115 cm³/mol. The summed E-state index contributed by atoms with van der Waals surface area (Å²) in [5.41, 5.74) is 1.06. The van der Waals surface area contributed by atoms with Crippen LogP contribution in [-0.2, 0) is 26.2 Å². The van der Waals surface area contributed by atoms with Gasteiger partial charge < -0.3 is 10.2 Å². The van der Waals surface area contributed by atoms with E-state index in [-0.39, 0.29) is 17.6 Å². The zero-order valence-corrected chi connectivity index (χ0v) is 18.4. The number of carbonyl (C=O) groups excluding carboxylic acids is 2. The number of hydrogen-bond acceptors (Lipinski definition) is 5. The Morgan fingerprint density at radius 3 is 2.43 bits per heavy atom. The van der Waals surface area contributed by atoms with E-state index in [0.29, 0.717) is 58.7 Å². The van der Waals surface area contributed by atoms with E-state index in [2.05, 4.69) is 5.32 Å². The molecule has 2 saturated heterocycles. The molecule has 2 fully saturated rings. The number of nitrogens with zero attached hydrogens (tertiary/aromatic N) is 3. The van der Waals surface area contributed by atoms with Gasteiger partial charge in [0.2, 0.25) is 21.8 Å². The van der Waals surface area contributed by atoms with Gasteiger partial charge in [0, 0.05) is 39.3 Å². The molecule has 1 aromatic rings. The lowest BCUT2D eigenvalue weighted by Crippen LogP contribution is -2.55. The first-order valence-electron chi connectivity index (χ1n) is 10.7. The third-order valence-electron chi connectivity index (χ3n) is 5.69. The minimum atomic E-state index is -3.38. The van der Waals surface area contributed by atoms with Crippen molar-refractivity contribution < 1.29 is 18.0 Å². The maximum absolute atomic E-state index is 13.0. The van der Waals surface area contributed by atoms with Crippen molar-refractivity contribution in [3.05, 3.63) is 35.9 Å². The Labute approximate surface area is 179 Å². The molecule has 1 N–H and O–H groups in total. The van der Waals surface area contributed by atoms with Gasteiger partial charge in [-0.15, -0.1) is 0 Å². The van der Waals surface area contributed by atoms with Crippen molar-refractivity contribution in [2.45, 2.75) is 38.8 Å². The van der Waals surface area contributed by atoms with Crippen molar-refractivity contribution in [3.63, 3.8) is 0 Å². The standard InChI is InChI=1S/C21H32N4O4S/c1-2-15-30(28,29)25-10-6-9-19(25)21(27)24-13-11-23(12-14-24)17-20(26)22-16-18-7-4-3-5-8-18/h3-5,7-8,19H,2,6,9-17H2,1H3,(H,22,26). The zero-order chi connectivity index (χ0) is 21.6. The van der Waals surface area contributed by atoms with Crippen LogP contribution >= 0.6 is 0 Å². The lowest BCUT2D eigenvalue weighted by molar-refractivity contribution is -0.136. The quantitative estimate of drug-likeness (QED) is 0.646. The first kappa shape index (κ1) is 22.7. The van der Waals surface area contributed by atoms with E-state index in [4.69, 9.17) is 0 Å². The molecule has 0 bridgehead atoms. The number of carbonyl (C=O) groups is 2. The van der Waals surface area contributed by atoms with Crippen LogP contribution in [0.5, 0.6) is 0 Å². The van der Waals surface area contributed by atoms with Crippen LogP contribution in [0.25, 0.3) is 0 Å². The Balaban J connectivity index is 1.45. The Bertz CT molecular complexity index is 823. The molecule has 0 saturated carbocycles. The van der Waals surface area contributed by atoms with E-state index in [9.17, 15) is 18.0 Å². The molecule has 2 aliphatic rings. The predicted octanol–water partition coefficient (Wildman–Crippen LogP) is 0.651. The molecule has 0 spiro atoms. The average Bonchev–Trinajstić information content (AvgIpc) is 3.24. The van der Waals surface area contributed by atoms with Gasteiger partial charge >= 0.3 is 0 Å². The molecule has 9 heteroatoms. The molecule has 2 aliphatic heterocycles. The molecule has 8 nitrogen and oxygen atoms in total. The van der Waals surface area contributed by atoms with Crippen molar-refractivity contribution in [2.24, 2.45) is 0 Å². The molecule has 0 aliphatic carbocycles. The van der Waals surface area contributed by atoms with E-state index in [1.54, 1.807) is 4.90 Å². The monoisotopic (exact) mass is 436 g/mol. The molecule has 1 atom stereocenters. The van der Waals surface area contributed by atoms with E-state index < -0.39 is 16.1 Å². The van der Waals surface area contributed by atoms with Gasteiger partial charge in [0.05, 0.1) is 12.3 Å². The Hall–Kier alpha value is -1.97. The summed E-state index contributed by atoms with van der Waals surface area (Å²) in [6.07, 6.45) is 1.86. The highest BCUT2D eigenvalue weighted by Gasteiger charge is 2.40. The van der Waals surface area contributed by atoms with Crippen molar-refractivity contribution in [2.75, 3.05) is 45.0 Å². The highest BCUT2D eigenvalue weighted by molar-refractivity contribution is 7.89. The number of hydrogen-bond donors (Lipinski definition) is 1. The number of benzene rings is 1. The second-order valence-corrected chi connectivity index (χ2v) is 9.99. The highest BCUT2D eigenvalue weighted by atomic mass is 32.2. The van der Waals surface area contributed by atoms with Gasteiger partial charge in [-0.2, -0.15) is 4.31 Å². The molecule has 166 valence electrons. The van der Waals surface area contributed by atoms with Gasteiger partial charge in [-0.05, 0) is 24.8 Å². The summed E-state index contributed by atoms with van der Waals surface area (Å²) in [4.78, 5) is 29.0. The average molecular weight is 437 g/mol. The highest BCUT2D eigenvalue weighted by Crippen LogP contribution is 2.24. The number of rotatable bonds is 8. The minimum Gasteiger partial charge on any atom is -0.351 e. The number of amides is 2. The van der Waals surface area contributed by atoms with Crippen LogP contribution in [-0.4, -0.2) is 85.4 Å². The summed E-state index contributed by atoms with van der Waals surface area (Å²) in [7, 11) is -3.38. The van der Waals surface area contributed by atoms with Crippen molar-refractivity contribution >= 4 is 21.8 Å². The van der Waals surface area contributed by atoms with E-state index in [1.165, 1.54) is 4.31 Å². The van der Waals surface area contributed by atoms with Crippen molar-refractivity contribution in [1.29, 1.82) is 0 Å². The van der Waals surface area contributed by atoms with Crippen LogP contribution in [0, 0.1) is 0 Å². The van der Waals surface area contributed by atoms with Gasteiger partial charge in [-0.1, -0.05) is 37.3 Å². The van der Waals surface area contributed by atoms with Crippen molar-refractivity contribution in [1.82, 2.24) is 19.4 Å². The molecule has 30 heavy (non-hydrogen) atoms. The fourth-order valence-electron chi connectivity index (χ4n) is 4.09. The molecule has 0 aromatic heterocycles. The molecule has 1 unspecified atom stereocenters. The van der Waals surface area contributed by atoms with E-state index in [1.807, 2.05) is 42.2 Å². The smallest absolute Gasteiger partial charge is 0.241 e. The Kier molecular flexibility index (Phi) is 7.85. The van der Waals surface area contributed by atoms with Gasteiger partial charge in [0.15, 0.2) is 0 Å². The lowest BCUT2D eigenvalue weighted by atomic mass is 10.2. The second kappa shape index (κ2) is 10.4. The molecular formula is C21H32N4O4S. The first-order chi connectivity index (χ1) is 14.4. The molecule has 1 aromatic carbocycles. The molecular weight excluding hydrogens is 404 g/mol. The molecule has 3 rings (SSSR count). The Morgan fingerprint density at radius 1 is 1.07 bits per heavy atom. The molecule has 0 radical (unpaired) electrons. The fourth-order valence-corrected chi connectivity index (χ4v) is 5.83. The van der Waals surface area contributed by atoms with Crippen molar-refractivity contribution in [3.8, 4) is 0 Å². The topological polar surface area (TPSA) is 90.0 Å². The lowest BCUT2D eigenvalue weighted by Gasteiger charge is -2.36. The third kappa shape index (κ3) is 5.80. The summed E-state index contributed by atoms with van der Waals surface area (Å²) in [5.74, 6) is -0.0468. The van der Waals surface area contributed by atoms with Crippen LogP contribution < -0.4 is 5.32 Å². The summed E-state index contributed by atoms with van der Waals surface area (Å²) in [6.45, 7) is 5.32. The largest absolute Gasteiger partial charge is 0.351 e. The normalized spacial score (nSPS) is 21.0. The summed E-state index contributed by atoms with van der Waals surface area (Å²) < 4.78 is 26.3. The molecule has 2 heterocycles. The van der Waals surface area contributed by atoms with E-state index >= 15 is 0 Å². The van der Waals surface area contributed by atoms with Crippen LogP contribution in [0.1, 0.15) is 31.7 Å². The zero-order valence-electron chi connectivity index (χ0n) is 17.6. The summed E-state index contributed by atoms with van der Waals surface area (Å²) in [6, 6.07) is 9.20. The maximum atomic E-state index is 13.0. The minimum absolute atomic E-state index is 0.0359. The summed E-state index contributed by atoms with van der Waals surface area (Å²) >= 11 is 0. The van der Waals surface area contributed by atoms with Crippen LogP contribution in [0.2, 0.25) is 0 Å². The van der Waals surface area contributed by atoms with Gasteiger partial charge in [-0.25, -0.2) is 8.42 Å². The maximum Gasteiger partial charge on any atom is 0.241 e. The first-order valence-corrected chi connectivity index (χ1v) is 12.3. The van der Waals surface area contributed by atoms with Gasteiger partial charge in [0.1, 0.15) is 6.04 Å². The number of sulfonamides is 1.